The van der Waals surface area contributed by atoms with Crippen molar-refractivity contribution in [3.05, 3.63) is 53.9 Å². The molecule has 3 nitrogen and oxygen atoms in total. The maximum absolute atomic E-state index is 13.9. The molecular weight excluding hydrogens is 231 g/mol. The Balaban J connectivity index is 2.39. The van der Waals surface area contributed by atoms with Crippen molar-refractivity contribution in [1.29, 1.82) is 0 Å². The molecule has 4 heteroatoms. The van der Waals surface area contributed by atoms with E-state index in [1.54, 1.807) is 42.9 Å². The van der Waals surface area contributed by atoms with Crippen LogP contribution in [0.5, 0.6) is 5.75 Å². The summed E-state index contributed by atoms with van der Waals surface area (Å²) in [5.74, 6) is -0.140. The average Bonchev–Trinajstić information content (AvgIpc) is 2.42. The Bertz CT molecular complexity index is 567. The van der Waals surface area contributed by atoms with Crippen LogP contribution in [0, 0.1) is 5.82 Å². The molecule has 0 spiro atoms. The van der Waals surface area contributed by atoms with Gasteiger partial charge >= 0.3 is 0 Å². The first-order valence-electron chi connectivity index (χ1n) is 5.49. The van der Waals surface area contributed by atoms with Crippen molar-refractivity contribution in [1.82, 2.24) is 9.97 Å². The fourth-order valence-electron chi connectivity index (χ4n) is 1.61. The predicted molar refractivity (Wildman–Crippen MR) is 68.5 cm³/mol. The van der Waals surface area contributed by atoms with E-state index in [1.165, 1.54) is 7.11 Å². The molecule has 1 aromatic carbocycles. The van der Waals surface area contributed by atoms with E-state index < -0.39 is 0 Å². The van der Waals surface area contributed by atoms with Gasteiger partial charge in [0.05, 0.1) is 19.0 Å². The van der Waals surface area contributed by atoms with Gasteiger partial charge in [-0.15, -0.1) is 0 Å². The Labute approximate surface area is 105 Å². The van der Waals surface area contributed by atoms with Crippen LogP contribution in [0.3, 0.4) is 0 Å². The zero-order valence-corrected chi connectivity index (χ0v) is 10.2. The SMILES string of the molecule is COc1cccc(/C=C(/C)c2cnccn2)c1F. The van der Waals surface area contributed by atoms with E-state index in [9.17, 15) is 4.39 Å². The van der Waals surface area contributed by atoms with Crippen LogP contribution in [0.4, 0.5) is 4.39 Å². The molecule has 92 valence electrons. The summed E-state index contributed by atoms with van der Waals surface area (Å²) in [6.45, 7) is 1.86. The van der Waals surface area contributed by atoms with Gasteiger partial charge in [-0.1, -0.05) is 12.1 Å². The van der Waals surface area contributed by atoms with Crippen molar-refractivity contribution in [2.75, 3.05) is 7.11 Å². The minimum absolute atomic E-state index is 0.232. The Morgan fingerprint density at radius 3 is 2.83 bits per heavy atom. The molecule has 0 aliphatic carbocycles. The second-order valence-corrected chi connectivity index (χ2v) is 3.78. The first-order chi connectivity index (χ1) is 8.72. The number of hydrogen-bond acceptors (Lipinski definition) is 3. The molecule has 0 atom stereocenters. The van der Waals surface area contributed by atoms with Gasteiger partial charge in [0, 0.05) is 18.0 Å². The van der Waals surface area contributed by atoms with Crippen molar-refractivity contribution in [2.45, 2.75) is 6.92 Å². The lowest BCUT2D eigenvalue weighted by Crippen LogP contribution is -1.92. The molecule has 2 rings (SSSR count). The Hall–Kier alpha value is -2.23. The molecule has 0 aliphatic heterocycles. The van der Waals surface area contributed by atoms with Gasteiger partial charge in [-0.2, -0.15) is 0 Å². The van der Waals surface area contributed by atoms with Crippen molar-refractivity contribution in [3.63, 3.8) is 0 Å². The maximum Gasteiger partial charge on any atom is 0.172 e. The highest BCUT2D eigenvalue weighted by molar-refractivity contribution is 5.78. The molecule has 1 heterocycles. The highest BCUT2D eigenvalue weighted by atomic mass is 19.1. The molecule has 0 unspecified atom stereocenters. The van der Waals surface area contributed by atoms with Crippen LogP contribution in [0.2, 0.25) is 0 Å². The van der Waals surface area contributed by atoms with Crippen LogP contribution >= 0.6 is 0 Å². The lowest BCUT2D eigenvalue weighted by Gasteiger charge is -2.05. The number of rotatable bonds is 3. The summed E-state index contributed by atoms with van der Waals surface area (Å²) in [6, 6.07) is 5.03. The summed E-state index contributed by atoms with van der Waals surface area (Å²) in [4.78, 5) is 8.14. The van der Waals surface area contributed by atoms with E-state index in [1.807, 2.05) is 6.92 Å². The number of allylic oxidation sites excluding steroid dienone is 1. The number of benzene rings is 1. The first kappa shape index (κ1) is 12.2. The molecule has 18 heavy (non-hydrogen) atoms. The van der Waals surface area contributed by atoms with Crippen molar-refractivity contribution in [3.8, 4) is 5.75 Å². The molecule has 1 aromatic heterocycles. The van der Waals surface area contributed by atoms with E-state index in [2.05, 4.69) is 9.97 Å². The summed E-state index contributed by atoms with van der Waals surface area (Å²) in [5.41, 5.74) is 2.03. The Kier molecular flexibility index (Phi) is 3.67. The Morgan fingerprint density at radius 2 is 2.17 bits per heavy atom. The molecular formula is C14H13FN2O. The third-order valence-electron chi connectivity index (χ3n) is 2.55. The average molecular weight is 244 g/mol. The quantitative estimate of drug-likeness (QED) is 0.831. The van der Waals surface area contributed by atoms with Crippen molar-refractivity contribution >= 4 is 11.6 Å². The fourth-order valence-corrected chi connectivity index (χ4v) is 1.61. The smallest absolute Gasteiger partial charge is 0.172 e. The van der Waals surface area contributed by atoms with Crippen LogP contribution < -0.4 is 4.74 Å². The van der Waals surface area contributed by atoms with Gasteiger partial charge in [-0.05, 0) is 24.6 Å². The number of aromatic nitrogens is 2. The lowest BCUT2D eigenvalue weighted by atomic mass is 10.1. The molecule has 2 aromatic rings. The lowest BCUT2D eigenvalue weighted by molar-refractivity contribution is 0.386. The van der Waals surface area contributed by atoms with Crippen LogP contribution in [-0.4, -0.2) is 17.1 Å². The number of methoxy groups -OCH3 is 1. The minimum Gasteiger partial charge on any atom is -0.494 e. The highest BCUT2D eigenvalue weighted by Crippen LogP contribution is 2.23. The van der Waals surface area contributed by atoms with E-state index in [0.717, 1.165) is 11.3 Å². The molecule has 0 bridgehead atoms. The summed E-state index contributed by atoms with van der Waals surface area (Å²) < 4.78 is 18.9. The fraction of sp³-hybridized carbons (Fsp3) is 0.143. The van der Waals surface area contributed by atoms with Crippen LogP contribution in [-0.2, 0) is 0 Å². The minimum atomic E-state index is -0.372. The summed E-state index contributed by atoms with van der Waals surface area (Å²) in [6.07, 6.45) is 6.57. The third-order valence-corrected chi connectivity index (χ3v) is 2.55. The van der Waals surface area contributed by atoms with Crippen molar-refractivity contribution < 1.29 is 9.13 Å². The van der Waals surface area contributed by atoms with Crippen molar-refractivity contribution in [2.24, 2.45) is 0 Å². The van der Waals surface area contributed by atoms with E-state index in [4.69, 9.17) is 4.74 Å². The monoisotopic (exact) mass is 244 g/mol. The number of halogens is 1. The second kappa shape index (κ2) is 5.40. The zero-order valence-electron chi connectivity index (χ0n) is 10.2. The van der Waals surface area contributed by atoms with Gasteiger partial charge in [-0.3, -0.25) is 9.97 Å². The van der Waals surface area contributed by atoms with Crippen LogP contribution in [0.15, 0.2) is 36.8 Å². The zero-order chi connectivity index (χ0) is 13.0. The Morgan fingerprint density at radius 1 is 1.33 bits per heavy atom. The van der Waals surface area contributed by atoms with Crippen LogP contribution in [0.1, 0.15) is 18.2 Å². The number of ether oxygens (including phenoxy) is 1. The van der Waals surface area contributed by atoms with Gasteiger partial charge in [-0.25, -0.2) is 4.39 Å². The van der Waals surface area contributed by atoms with E-state index in [0.29, 0.717) is 5.56 Å². The molecule has 0 fully saturated rings. The van der Waals surface area contributed by atoms with Gasteiger partial charge < -0.3 is 4.74 Å². The molecule has 0 saturated heterocycles. The second-order valence-electron chi connectivity index (χ2n) is 3.78. The molecule has 0 N–H and O–H groups in total. The third kappa shape index (κ3) is 2.53. The van der Waals surface area contributed by atoms with Gasteiger partial charge in [0.25, 0.3) is 0 Å². The van der Waals surface area contributed by atoms with Crippen LogP contribution in [0.25, 0.3) is 11.6 Å². The summed E-state index contributed by atoms with van der Waals surface area (Å²) in [7, 11) is 1.45. The van der Waals surface area contributed by atoms with Gasteiger partial charge in [0.1, 0.15) is 0 Å². The maximum atomic E-state index is 13.9. The molecule has 0 aliphatic rings. The number of hydrogen-bond donors (Lipinski definition) is 0. The molecule has 0 amide bonds. The van der Waals surface area contributed by atoms with E-state index in [-0.39, 0.29) is 11.6 Å². The van der Waals surface area contributed by atoms with E-state index >= 15 is 0 Å². The first-order valence-corrected chi connectivity index (χ1v) is 5.49. The topological polar surface area (TPSA) is 35.0 Å². The van der Waals surface area contributed by atoms with Gasteiger partial charge in [0.15, 0.2) is 11.6 Å². The largest absolute Gasteiger partial charge is 0.494 e. The summed E-state index contributed by atoms with van der Waals surface area (Å²) in [5, 5.41) is 0. The van der Waals surface area contributed by atoms with Gasteiger partial charge in [0.2, 0.25) is 0 Å². The normalized spacial score (nSPS) is 11.4. The molecule has 0 saturated carbocycles. The number of nitrogens with zero attached hydrogens (tertiary/aromatic N) is 2. The highest BCUT2D eigenvalue weighted by Gasteiger charge is 2.07. The standard InChI is InChI=1S/C14H13FN2O/c1-10(12-9-16-6-7-17-12)8-11-4-3-5-13(18-2)14(11)15/h3-9H,1-2H3/b10-8-. The summed E-state index contributed by atoms with van der Waals surface area (Å²) >= 11 is 0. The molecule has 0 radical (unpaired) electrons. The predicted octanol–water partition coefficient (Wildman–Crippen LogP) is 3.18.